The summed E-state index contributed by atoms with van der Waals surface area (Å²) in [5.41, 5.74) is 2.41. The molecule has 0 saturated carbocycles. The van der Waals surface area contributed by atoms with E-state index in [0.29, 0.717) is 6.61 Å². The minimum Gasteiger partial charge on any atom is -0.486 e. The zero-order chi connectivity index (χ0) is 19.2. The third kappa shape index (κ3) is 2.83. The first kappa shape index (κ1) is 17.1. The maximum absolute atomic E-state index is 5.98. The minimum absolute atomic E-state index is 0.570. The highest BCUT2D eigenvalue weighted by atomic mass is 32.2. The normalized spacial score (nSPS) is 14.8. The molecule has 0 radical (unpaired) electrons. The number of hydrogen-bond donors (Lipinski definition) is 0. The van der Waals surface area contributed by atoms with Gasteiger partial charge in [-0.1, -0.05) is 72.1 Å². The first-order valence-corrected chi connectivity index (χ1v) is 11.1. The van der Waals surface area contributed by atoms with Gasteiger partial charge in [0.25, 0.3) is 0 Å². The van der Waals surface area contributed by atoms with Gasteiger partial charge in [0.15, 0.2) is 11.5 Å². The molecule has 140 valence electrons. The Bertz CT molecular complexity index is 1310. The summed E-state index contributed by atoms with van der Waals surface area (Å²) in [6.07, 6.45) is 7.81. The van der Waals surface area contributed by atoms with Crippen LogP contribution in [0.15, 0.2) is 109 Å². The van der Waals surface area contributed by atoms with E-state index in [1.54, 1.807) is 0 Å². The zero-order valence-electron chi connectivity index (χ0n) is 15.4. The molecule has 2 aliphatic heterocycles. The van der Waals surface area contributed by atoms with Crippen molar-refractivity contribution in [2.75, 3.05) is 6.61 Å². The summed E-state index contributed by atoms with van der Waals surface area (Å²) in [7, 11) is 0. The van der Waals surface area contributed by atoms with Crippen LogP contribution in [0.25, 0.3) is 27.7 Å². The number of ether oxygens (including phenoxy) is 1. The first-order chi connectivity index (χ1) is 14.4. The van der Waals surface area contributed by atoms with E-state index in [0.717, 1.165) is 22.3 Å². The predicted molar refractivity (Wildman–Crippen MR) is 119 cm³/mol. The van der Waals surface area contributed by atoms with Gasteiger partial charge in [-0.25, -0.2) is 0 Å². The molecule has 3 aromatic carbocycles. The molecule has 0 N–H and O–H groups in total. The van der Waals surface area contributed by atoms with Crippen molar-refractivity contribution in [3.05, 3.63) is 90.9 Å². The molecule has 4 aromatic rings. The Morgan fingerprint density at radius 1 is 0.759 bits per heavy atom. The van der Waals surface area contributed by atoms with Crippen LogP contribution in [-0.4, -0.2) is 6.61 Å². The SMILES string of the molecule is C1=CCOC(c2occ3cccc(-c4cccc5c4Sc4ccccc4S5)c23)=C1. The van der Waals surface area contributed by atoms with Crippen molar-refractivity contribution in [2.45, 2.75) is 19.6 Å². The summed E-state index contributed by atoms with van der Waals surface area (Å²) in [4.78, 5) is 5.22. The van der Waals surface area contributed by atoms with Crippen LogP contribution >= 0.6 is 23.5 Å². The molecule has 0 spiro atoms. The van der Waals surface area contributed by atoms with Gasteiger partial charge in [0.05, 0.1) is 6.26 Å². The number of furan rings is 1. The third-order valence-electron chi connectivity index (χ3n) is 5.12. The molecule has 0 bridgehead atoms. The van der Waals surface area contributed by atoms with E-state index < -0.39 is 0 Å². The highest BCUT2D eigenvalue weighted by Gasteiger charge is 2.23. The molecule has 29 heavy (non-hydrogen) atoms. The summed E-state index contributed by atoms with van der Waals surface area (Å²) in [5.74, 6) is 1.58. The summed E-state index contributed by atoms with van der Waals surface area (Å²) in [5, 5.41) is 2.19. The number of hydrogen-bond acceptors (Lipinski definition) is 4. The Hall–Kier alpha value is -2.82. The lowest BCUT2D eigenvalue weighted by atomic mass is 9.98. The van der Waals surface area contributed by atoms with Crippen molar-refractivity contribution in [2.24, 2.45) is 0 Å². The average molecular weight is 413 g/mol. The molecule has 0 atom stereocenters. The summed E-state index contributed by atoms with van der Waals surface area (Å²) in [6.45, 7) is 0.570. The number of rotatable bonds is 2. The van der Waals surface area contributed by atoms with Gasteiger partial charge >= 0.3 is 0 Å². The van der Waals surface area contributed by atoms with Crippen molar-refractivity contribution in [1.82, 2.24) is 0 Å². The Labute approximate surface area is 177 Å². The van der Waals surface area contributed by atoms with E-state index in [9.17, 15) is 0 Å². The maximum atomic E-state index is 5.98. The van der Waals surface area contributed by atoms with Crippen LogP contribution in [0.4, 0.5) is 0 Å². The van der Waals surface area contributed by atoms with Crippen LogP contribution in [0.1, 0.15) is 5.76 Å². The highest BCUT2D eigenvalue weighted by molar-refractivity contribution is 8.05. The van der Waals surface area contributed by atoms with E-state index in [1.807, 2.05) is 48.0 Å². The molecule has 0 amide bonds. The largest absolute Gasteiger partial charge is 0.486 e. The molecular weight excluding hydrogens is 396 g/mol. The molecule has 1 aromatic heterocycles. The Morgan fingerprint density at radius 3 is 2.41 bits per heavy atom. The maximum Gasteiger partial charge on any atom is 0.176 e. The smallest absolute Gasteiger partial charge is 0.176 e. The van der Waals surface area contributed by atoms with Gasteiger partial charge in [0.1, 0.15) is 6.61 Å². The number of fused-ring (bicyclic) bond motifs is 3. The predicted octanol–water partition coefficient (Wildman–Crippen LogP) is 7.64. The Balaban J connectivity index is 1.57. The van der Waals surface area contributed by atoms with E-state index in [1.165, 1.54) is 30.7 Å². The lowest BCUT2D eigenvalue weighted by Gasteiger charge is -2.21. The minimum atomic E-state index is 0.570. The standard InChI is InChI=1S/C25H16O2S2/c1-2-12-21-20(11-1)28-22-13-6-9-18(25(22)29-21)17-8-5-7-16-15-27-24(23(16)17)19-10-3-4-14-26-19/h1-13,15H,14H2. The van der Waals surface area contributed by atoms with E-state index >= 15 is 0 Å². The van der Waals surface area contributed by atoms with Gasteiger partial charge in [-0.3, -0.25) is 0 Å². The van der Waals surface area contributed by atoms with Gasteiger partial charge in [-0.05, 0) is 41.5 Å². The van der Waals surface area contributed by atoms with Crippen molar-refractivity contribution in [1.29, 1.82) is 0 Å². The molecule has 2 nitrogen and oxygen atoms in total. The molecule has 0 unspecified atom stereocenters. The van der Waals surface area contributed by atoms with Crippen LogP contribution < -0.4 is 0 Å². The second kappa shape index (κ2) is 6.90. The molecule has 0 saturated heterocycles. The second-order valence-corrected chi connectivity index (χ2v) is 9.02. The van der Waals surface area contributed by atoms with Gasteiger partial charge in [0, 0.05) is 30.4 Å². The van der Waals surface area contributed by atoms with E-state index in [-0.39, 0.29) is 0 Å². The quantitative estimate of drug-likeness (QED) is 0.297. The van der Waals surface area contributed by atoms with Crippen molar-refractivity contribution >= 4 is 40.1 Å². The first-order valence-electron chi connectivity index (χ1n) is 9.47. The number of benzene rings is 3. The summed E-state index contributed by atoms with van der Waals surface area (Å²) < 4.78 is 11.8. The van der Waals surface area contributed by atoms with E-state index in [4.69, 9.17) is 9.15 Å². The van der Waals surface area contributed by atoms with Crippen molar-refractivity contribution in [3.8, 4) is 11.1 Å². The Kier molecular flexibility index (Phi) is 4.06. The third-order valence-corrected chi connectivity index (χ3v) is 7.73. The molecule has 3 heterocycles. The summed E-state index contributed by atoms with van der Waals surface area (Å²) in [6, 6.07) is 21.5. The van der Waals surface area contributed by atoms with E-state index in [2.05, 4.69) is 60.7 Å². The van der Waals surface area contributed by atoms with Crippen LogP contribution in [0.5, 0.6) is 0 Å². The average Bonchev–Trinajstić information content (AvgIpc) is 3.22. The zero-order valence-corrected chi connectivity index (χ0v) is 17.1. The topological polar surface area (TPSA) is 22.4 Å². The Morgan fingerprint density at radius 2 is 1.55 bits per heavy atom. The molecule has 0 aliphatic carbocycles. The monoisotopic (exact) mass is 412 g/mol. The molecule has 6 rings (SSSR count). The van der Waals surface area contributed by atoms with Gasteiger partial charge in [-0.15, -0.1) is 0 Å². The summed E-state index contributed by atoms with van der Waals surface area (Å²) >= 11 is 3.69. The fraction of sp³-hybridized carbons (Fsp3) is 0.0400. The molecule has 4 heteroatoms. The highest BCUT2D eigenvalue weighted by Crippen LogP contribution is 2.52. The second-order valence-electron chi connectivity index (χ2n) is 6.89. The van der Waals surface area contributed by atoms with Crippen LogP contribution in [0, 0.1) is 0 Å². The molecule has 2 aliphatic rings. The van der Waals surface area contributed by atoms with Gasteiger partial charge in [-0.2, -0.15) is 0 Å². The van der Waals surface area contributed by atoms with Gasteiger partial charge in [0.2, 0.25) is 0 Å². The van der Waals surface area contributed by atoms with Crippen LogP contribution in [0.2, 0.25) is 0 Å². The van der Waals surface area contributed by atoms with Crippen molar-refractivity contribution in [3.63, 3.8) is 0 Å². The van der Waals surface area contributed by atoms with Crippen molar-refractivity contribution < 1.29 is 9.15 Å². The lowest BCUT2D eigenvalue weighted by molar-refractivity contribution is 0.304. The molecular formula is C25H16O2S2. The fourth-order valence-electron chi connectivity index (χ4n) is 3.81. The lowest BCUT2D eigenvalue weighted by Crippen LogP contribution is -1.96. The van der Waals surface area contributed by atoms with Gasteiger partial charge < -0.3 is 9.15 Å². The number of allylic oxidation sites excluding steroid dienone is 2. The van der Waals surface area contributed by atoms with Crippen LogP contribution in [0.3, 0.4) is 0 Å². The molecule has 0 fully saturated rings. The fourth-order valence-corrected chi connectivity index (χ4v) is 6.20. The van der Waals surface area contributed by atoms with Crippen LogP contribution in [-0.2, 0) is 4.74 Å².